The summed E-state index contributed by atoms with van der Waals surface area (Å²) in [4.78, 5) is 17.3. The number of hydrogen-bond donors (Lipinski definition) is 3. The lowest BCUT2D eigenvalue weighted by Gasteiger charge is -2.23. The zero-order valence-corrected chi connectivity index (χ0v) is 11.9. The van der Waals surface area contributed by atoms with Crippen LogP contribution in [0.3, 0.4) is 0 Å². The highest BCUT2D eigenvalue weighted by Gasteiger charge is 2.19. The quantitative estimate of drug-likeness (QED) is 0.473. The van der Waals surface area contributed by atoms with Crippen LogP contribution in [0.25, 0.3) is 0 Å². The number of nitrogens with zero attached hydrogens (tertiary/aromatic N) is 5. The molecule has 1 saturated heterocycles. The van der Waals surface area contributed by atoms with E-state index in [0.717, 1.165) is 32.5 Å². The Kier molecular flexibility index (Phi) is 5.31. The Bertz CT molecular complexity index is 422. The maximum atomic E-state index is 8.97. The van der Waals surface area contributed by atoms with Crippen molar-refractivity contribution in [2.45, 2.75) is 26.2 Å². The van der Waals surface area contributed by atoms with E-state index in [1.165, 1.54) is 0 Å². The number of aliphatic hydroxyl groups excluding tert-OH is 1. The first-order chi connectivity index (χ1) is 9.78. The molecule has 20 heavy (non-hydrogen) atoms. The van der Waals surface area contributed by atoms with Crippen molar-refractivity contribution in [3.63, 3.8) is 0 Å². The Balaban J connectivity index is 2.23. The topological polar surface area (TPSA) is 103 Å². The summed E-state index contributed by atoms with van der Waals surface area (Å²) in [7, 11) is 0. The minimum Gasteiger partial charge on any atom is -0.396 e. The van der Waals surface area contributed by atoms with Gasteiger partial charge in [-0.25, -0.2) is 5.84 Å². The first kappa shape index (κ1) is 14.7. The van der Waals surface area contributed by atoms with Crippen LogP contribution in [-0.4, -0.2) is 52.8 Å². The molecule has 0 spiro atoms. The van der Waals surface area contributed by atoms with Gasteiger partial charge in [0.05, 0.1) is 0 Å². The molecule has 1 aromatic rings. The van der Waals surface area contributed by atoms with E-state index in [1.54, 1.807) is 0 Å². The molecule has 2 rings (SSSR count). The molecule has 8 nitrogen and oxygen atoms in total. The molecule has 0 aromatic carbocycles. The fourth-order valence-electron chi connectivity index (χ4n) is 2.28. The van der Waals surface area contributed by atoms with Crippen molar-refractivity contribution in [2.24, 2.45) is 5.84 Å². The third-order valence-electron chi connectivity index (χ3n) is 3.38. The summed E-state index contributed by atoms with van der Waals surface area (Å²) >= 11 is 0. The van der Waals surface area contributed by atoms with E-state index in [0.29, 0.717) is 30.8 Å². The van der Waals surface area contributed by atoms with Gasteiger partial charge in [0.1, 0.15) is 0 Å². The van der Waals surface area contributed by atoms with Crippen molar-refractivity contribution >= 4 is 17.8 Å². The molecule has 0 aliphatic carbocycles. The van der Waals surface area contributed by atoms with Crippen LogP contribution in [0.4, 0.5) is 17.8 Å². The second kappa shape index (κ2) is 7.20. The van der Waals surface area contributed by atoms with Crippen LogP contribution in [0.15, 0.2) is 0 Å². The second-order valence-corrected chi connectivity index (χ2v) is 4.75. The smallest absolute Gasteiger partial charge is 0.243 e. The van der Waals surface area contributed by atoms with Gasteiger partial charge in [-0.1, -0.05) is 0 Å². The summed E-state index contributed by atoms with van der Waals surface area (Å²) in [5, 5.41) is 8.97. The Hall–Kier alpha value is -1.67. The van der Waals surface area contributed by atoms with E-state index < -0.39 is 0 Å². The molecule has 1 aliphatic heterocycles. The Morgan fingerprint density at radius 3 is 2.65 bits per heavy atom. The van der Waals surface area contributed by atoms with Crippen LogP contribution in [0.5, 0.6) is 0 Å². The fourth-order valence-corrected chi connectivity index (χ4v) is 2.28. The van der Waals surface area contributed by atoms with Crippen molar-refractivity contribution in [3.05, 3.63) is 0 Å². The van der Waals surface area contributed by atoms with E-state index in [-0.39, 0.29) is 6.61 Å². The number of nitrogens with two attached hydrogens (primary N) is 1. The van der Waals surface area contributed by atoms with Gasteiger partial charge in [-0.3, -0.25) is 5.43 Å². The summed E-state index contributed by atoms with van der Waals surface area (Å²) in [5.74, 6) is 7.09. The summed E-state index contributed by atoms with van der Waals surface area (Å²) in [5.41, 5.74) is 2.50. The van der Waals surface area contributed by atoms with Gasteiger partial charge in [0.25, 0.3) is 0 Å². The summed E-state index contributed by atoms with van der Waals surface area (Å²) in [6.45, 7) is 5.61. The molecule has 1 aromatic heterocycles. The van der Waals surface area contributed by atoms with Crippen molar-refractivity contribution in [1.29, 1.82) is 0 Å². The predicted molar refractivity (Wildman–Crippen MR) is 78.7 cm³/mol. The van der Waals surface area contributed by atoms with Gasteiger partial charge in [0, 0.05) is 32.8 Å². The van der Waals surface area contributed by atoms with Crippen LogP contribution in [0.2, 0.25) is 0 Å². The van der Waals surface area contributed by atoms with E-state index in [9.17, 15) is 0 Å². The molecule has 0 atom stereocenters. The number of hydrogen-bond acceptors (Lipinski definition) is 8. The second-order valence-electron chi connectivity index (χ2n) is 4.75. The summed E-state index contributed by atoms with van der Waals surface area (Å²) < 4.78 is 0. The van der Waals surface area contributed by atoms with Crippen LogP contribution < -0.4 is 21.1 Å². The van der Waals surface area contributed by atoms with Crippen LogP contribution in [0.1, 0.15) is 26.2 Å². The van der Waals surface area contributed by atoms with Crippen LogP contribution >= 0.6 is 0 Å². The molecule has 1 fully saturated rings. The molecular formula is C12H23N7O. The number of aliphatic hydroxyl groups is 1. The predicted octanol–water partition coefficient (Wildman–Crippen LogP) is -0.0339. The third kappa shape index (κ3) is 3.45. The average Bonchev–Trinajstić information content (AvgIpc) is 3.02. The first-order valence-electron chi connectivity index (χ1n) is 7.12. The lowest BCUT2D eigenvalue weighted by Crippen LogP contribution is -2.29. The molecule has 112 valence electrons. The van der Waals surface area contributed by atoms with Gasteiger partial charge in [0.15, 0.2) is 0 Å². The molecule has 0 amide bonds. The highest BCUT2D eigenvalue weighted by atomic mass is 16.3. The molecule has 8 heteroatoms. The Morgan fingerprint density at radius 2 is 2.05 bits per heavy atom. The van der Waals surface area contributed by atoms with E-state index in [1.807, 2.05) is 11.8 Å². The zero-order chi connectivity index (χ0) is 14.4. The normalized spacial score (nSPS) is 14.7. The highest BCUT2D eigenvalue weighted by molar-refractivity contribution is 5.45. The van der Waals surface area contributed by atoms with Crippen molar-refractivity contribution in [3.8, 4) is 0 Å². The Labute approximate surface area is 119 Å². The molecular weight excluding hydrogens is 258 g/mol. The third-order valence-corrected chi connectivity index (χ3v) is 3.38. The minimum absolute atomic E-state index is 0.155. The molecule has 0 radical (unpaired) electrons. The zero-order valence-electron chi connectivity index (χ0n) is 11.9. The molecule has 0 saturated carbocycles. The molecule has 2 heterocycles. The van der Waals surface area contributed by atoms with Crippen molar-refractivity contribution in [1.82, 2.24) is 15.0 Å². The number of rotatable bonds is 7. The van der Waals surface area contributed by atoms with Crippen molar-refractivity contribution < 1.29 is 5.11 Å². The standard InChI is InChI=1S/C12H23N7O/c1-2-18(8-5-9-20)11-14-10(17-13)15-12(16-11)19-6-3-4-7-19/h20H,2-9,13H2,1H3,(H,14,15,16,17). The van der Waals surface area contributed by atoms with E-state index in [2.05, 4.69) is 25.3 Å². The summed E-state index contributed by atoms with van der Waals surface area (Å²) in [6, 6.07) is 0. The van der Waals surface area contributed by atoms with Gasteiger partial charge >= 0.3 is 0 Å². The van der Waals surface area contributed by atoms with E-state index in [4.69, 9.17) is 10.9 Å². The van der Waals surface area contributed by atoms with Crippen molar-refractivity contribution in [2.75, 3.05) is 48.0 Å². The van der Waals surface area contributed by atoms with Crippen LogP contribution in [0, 0.1) is 0 Å². The minimum atomic E-state index is 0.155. The van der Waals surface area contributed by atoms with Gasteiger partial charge < -0.3 is 14.9 Å². The van der Waals surface area contributed by atoms with E-state index >= 15 is 0 Å². The fraction of sp³-hybridized carbons (Fsp3) is 0.750. The number of hydrazine groups is 1. The largest absolute Gasteiger partial charge is 0.396 e. The lowest BCUT2D eigenvalue weighted by molar-refractivity contribution is 0.289. The molecule has 1 aliphatic rings. The van der Waals surface area contributed by atoms with Gasteiger partial charge in [-0.2, -0.15) is 15.0 Å². The Morgan fingerprint density at radius 1 is 1.30 bits per heavy atom. The molecule has 0 unspecified atom stereocenters. The lowest BCUT2D eigenvalue weighted by atomic mass is 10.4. The monoisotopic (exact) mass is 281 g/mol. The maximum absolute atomic E-state index is 8.97. The SMILES string of the molecule is CCN(CCCO)c1nc(NN)nc(N2CCCC2)n1. The number of anilines is 3. The van der Waals surface area contributed by atoms with Gasteiger partial charge in [-0.05, 0) is 26.2 Å². The number of aromatic nitrogens is 3. The average molecular weight is 281 g/mol. The molecule has 4 N–H and O–H groups in total. The number of nitrogens with one attached hydrogen (secondary N) is 1. The highest BCUT2D eigenvalue weighted by Crippen LogP contribution is 2.20. The summed E-state index contributed by atoms with van der Waals surface area (Å²) in [6.07, 6.45) is 3.01. The van der Waals surface area contributed by atoms with Gasteiger partial charge in [0.2, 0.25) is 17.8 Å². The molecule has 0 bridgehead atoms. The van der Waals surface area contributed by atoms with Crippen LogP contribution in [-0.2, 0) is 0 Å². The number of nitrogen functional groups attached to an aromatic ring is 1. The first-order valence-corrected chi connectivity index (χ1v) is 7.12. The maximum Gasteiger partial charge on any atom is 0.243 e. The van der Waals surface area contributed by atoms with Gasteiger partial charge in [-0.15, -0.1) is 0 Å².